The van der Waals surface area contributed by atoms with E-state index in [4.69, 9.17) is 9.47 Å². The van der Waals surface area contributed by atoms with E-state index in [0.717, 1.165) is 16.5 Å². The average Bonchev–Trinajstić information content (AvgIpc) is 2.73. The fraction of sp³-hybridized carbons (Fsp3) is 0.286. The Balaban J connectivity index is 2.07. The minimum Gasteiger partial charge on any atom is -0.493 e. The molecule has 1 atom stereocenters. The number of hydrazone groups is 1. The summed E-state index contributed by atoms with van der Waals surface area (Å²) in [7, 11) is 1.55. The monoisotopic (exact) mass is 461 g/mol. The molecule has 29 heavy (non-hydrogen) atoms. The second-order valence-corrected chi connectivity index (χ2v) is 7.19. The van der Waals surface area contributed by atoms with Crippen molar-refractivity contribution >= 4 is 34.0 Å². The van der Waals surface area contributed by atoms with Gasteiger partial charge >= 0.3 is 11.8 Å². The number of methoxy groups -OCH3 is 1. The Labute approximate surface area is 178 Å². The number of para-hydroxylation sites is 1. The fourth-order valence-electron chi connectivity index (χ4n) is 2.29. The van der Waals surface area contributed by atoms with Gasteiger partial charge in [-0.15, -0.1) is 0 Å². The van der Waals surface area contributed by atoms with Crippen molar-refractivity contribution in [1.29, 1.82) is 0 Å². The average molecular weight is 462 g/mol. The second kappa shape index (κ2) is 11.2. The first-order valence-corrected chi connectivity index (χ1v) is 9.92. The van der Waals surface area contributed by atoms with Crippen molar-refractivity contribution in [1.82, 2.24) is 10.7 Å². The first-order valence-electron chi connectivity index (χ1n) is 9.12. The van der Waals surface area contributed by atoms with Crippen LogP contribution < -0.4 is 20.2 Å². The number of hydrogen-bond acceptors (Lipinski definition) is 5. The lowest BCUT2D eigenvalue weighted by atomic mass is 10.2. The maximum Gasteiger partial charge on any atom is 0.329 e. The molecule has 0 saturated carbocycles. The molecule has 2 aromatic rings. The summed E-state index contributed by atoms with van der Waals surface area (Å²) in [5.41, 5.74) is 3.81. The molecule has 8 heteroatoms. The van der Waals surface area contributed by atoms with Gasteiger partial charge in [-0.1, -0.05) is 41.1 Å². The van der Waals surface area contributed by atoms with Gasteiger partial charge in [0.05, 0.1) is 13.3 Å². The van der Waals surface area contributed by atoms with Gasteiger partial charge in [0, 0.05) is 16.1 Å². The molecule has 7 nitrogen and oxygen atoms in total. The van der Waals surface area contributed by atoms with Crippen LogP contribution in [0.25, 0.3) is 0 Å². The Morgan fingerprint density at radius 1 is 1.17 bits per heavy atom. The van der Waals surface area contributed by atoms with Crippen molar-refractivity contribution in [2.75, 3.05) is 7.11 Å². The number of nitrogens with zero attached hydrogens (tertiary/aromatic N) is 1. The molecule has 0 aliphatic carbocycles. The summed E-state index contributed by atoms with van der Waals surface area (Å²) in [5.74, 6) is -0.539. The highest BCUT2D eigenvalue weighted by Crippen LogP contribution is 2.31. The molecule has 0 fully saturated rings. The highest BCUT2D eigenvalue weighted by atomic mass is 79.9. The molecule has 0 radical (unpaired) electrons. The summed E-state index contributed by atoms with van der Waals surface area (Å²) < 4.78 is 12.3. The number of carbonyl (C=O) groups excluding carboxylic acids is 2. The van der Waals surface area contributed by atoms with Crippen LogP contribution in [0.2, 0.25) is 0 Å². The van der Waals surface area contributed by atoms with Gasteiger partial charge in [-0.25, -0.2) is 5.43 Å². The van der Waals surface area contributed by atoms with Crippen LogP contribution in [-0.2, 0) is 16.2 Å². The number of benzene rings is 2. The van der Waals surface area contributed by atoms with E-state index < -0.39 is 11.8 Å². The highest BCUT2D eigenvalue weighted by Gasteiger charge is 2.15. The largest absolute Gasteiger partial charge is 0.493 e. The van der Waals surface area contributed by atoms with Gasteiger partial charge in [0.25, 0.3) is 0 Å². The van der Waals surface area contributed by atoms with Crippen molar-refractivity contribution in [3.63, 3.8) is 0 Å². The molecule has 2 rings (SSSR count). The Morgan fingerprint density at radius 2 is 1.90 bits per heavy atom. The first kappa shape index (κ1) is 22.4. The van der Waals surface area contributed by atoms with Crippen LogP contribution in [-0.4, -0.2) is 31.2 Å². The third-order valence-electron chi connectivity index (χ3n) is 4.09. The third kappa shape index (κ3) is 6.90. The van der Waals surface area contributed by atoms with Gasteiger partial charge in [0.2, 0.25) is 0 Å². The molecule has 154 valence electrons. The van der Waals surface area contributed by atoms with Crippen LogP contribution in [0.1, 0.15) is 31.4 Å². The molecule has 0 unspecified atom stereocenters. The lowest BCUT2D eigenvalue weighted by Crippen LogP contribution is -2.41. The van der Waals surface area contributed by atoms with Crippen LogP contribution in [0.5, 0.6) is 11.5 Å². The van der Waals surface area contributed by atoms with Crippen LogP contribution in [0, 0.1) is 0 Å². The molecule has 0 bridgehead atoms. The van der Waals surface area contributed by atoms with E-state index >= 15 is 0 Å². The van der Waals surface area contributed by atoms with Crippen molar-refractivity contribution in [3.8, 4) is 11.5 Å². The molecular formula is C21H24BrN3O4. The van der Waals surface area contributed by atoms with Crippen LogP contribution in [0.4, 0.5) is 0 Å². The van der Waals surface area contributed by atoms with E-state index in [-0.39, 0.29) is 6.04 Å². The number of ether oxygens (including phenoxy) is 2. The summed E-state index contributed by atoms with van der Waals surface area (Å²) in [4.78, 5) is 23.6. The number of rotatable bonds is 8. The summed E-state index contributed by atoms with van der Waals surface area (Å²) in [6.45, 7) is 4.07. The summed E-state index contributed by atoms with van der Waals surface area (Å²) in [6, 6.07) is 13.0. The molecule has 2 amide bonds. The van der Waals surface area contributed by atoms with E-state index in [1.807, 2.05) is 38.1 Å². The van der Waals surface area contributed by atoms with E-state index in [9.17, 15) is 9.59 Å². The van der Waals surface area contributed by atoms with E-state index in [2.05, 4.69) is 31.8 Å². The van der Waals surface area contributed by atoms with E-state index in [1.165, 1.54) is 6.21 Å². The Kier molecular flexibility index (Phi) is 8.67. The summed E-state index contributed by atoms with van der Waals surface area (Å²) in [5, 5.41) is 6.45. The zero-order chi connectivity index (χ0) is 21.2. The van der Waals surface area contributed by atoms with Crippen LogP contribution in [0.15, 0.2) is 52.0 Å². The van der Waals surface area contributed by atoms with Crippen molar-refractivity contribution in [2.45, 2.75) is 32.9 Å². The third-order valence-corrected chi connectivity index (χ3v) is 4.62. The smallest absolute Gasteiger partial charge is 0.329 e. The Morgan fingerprint density at radius 3 is 2.55 bits per heavy atom. The maximum absolute atomic E-state index is 11.8. The topological polar surface area (TPSA) is 89.0 Å². The Hall–Kier alpha value is -2.87. The molecular weight excluding hydrogens is 438 g/mol. The number of nitrogens with one attached hydrogen (secondary N) is 2. The number of amides is 2. The molecule has 2 aromatic carbocycles. The lowest BCUT2D eigenvalue weighted by molar-refractivity contribution is -0.139. The van der Waals surface area contributed by atoms with Crippen molar-refractivity contribution in [3.05, 3.63) is 58.1 Å². The normalized spacial score (nSPS) is 11.7. The first-order chi connectivity index (χ1) is 13.9. The van der Waals surface area contributed by atoms with Gasteiger partial charge < -0.3 is 14.8 Å². The minimum absolute atomic E-state index is 0.0887. The SMILES string of the molecule is CC[C@@H](C)NC(=O)C(=O)N/N=C\c1cccc(OC)c1OCc1ccc(Br)cc1. The van der Waals surface area contributed by atoms with Gasteiger partial charge in [-0.2, -0.15) is 5.10 Å². The maximum atomic E-state index is 11.8. The minimum atomic E-state index is -0.832. The molecule has 0 spiro atoms. The molecule has 2 N–H and O–H groups in total. The highest BCUT2D eigenvalue weighted by molar-refractivity contribution is 9.10. The van der Waals surface area contributed by atoms with Crippen molar-refractivity contribution < 1.29 is 19.1 Å². The predicted molar refractivity (Wildman–Crippen MR) is 115 cm³/mol. The zero-order valence-corrected chi connectivity index (χ0v) is 18.2. The molecule has 0 heterocycles. The van der Waals surface area contributed by atoms with E-state index in [0.29, 0.717) is 23.7 Å². The summed E-state index contributed by atoms with van der Waals surface area (Å²) in [6.07, 6.45) is 2.14. The second-order valence-electron chi connectivity index (χ2n) is 6.28. The molecule has 0 aliphatic rings. The van der Waals surface area contributed by atoms with E-state index in [1.54, 1.807) is 25.3 Å². The molecule has 0 saturated heterocycles. The number of hydrogen-bond donors (Lipinski definition) is 2. The summed E-state index contributed by atoms with van der Waals surface area (Å²) >= 11 is 3.40. The van der Waals surface area contributed by atoms with Gasteiger partial charge in [-0.3, -0.25) is 9.59 Å². The quantitative estimate of drug-likeness (QED) is 0.358. The van der Waals surface area contributed by atoms with Gasteiger partial charge in [0.1, 0.15) is 6.61 Å². The molecule has 0 aromatic heterocycles. The fourth-order valence-corrected chi connectivity index (χ4v) is 2.55. The zero-order valence-electron chi connectivity index (χ0n) is 16.6. The van der Waals surface area contributed by atoms with Gasteiger partial charge in [0.15, 0.2) is 11.5 Å². The van der Waals surface area contributed by atoms with Crippen molar-refractivity contribution in [2.24, 2.45) is 5.10 Å². The van der Waals surface area contributed by atoms with Crippen LogP contribution >= 0.6 is 15.9 Å². The standard InChI is InChI=1S/C21H24BrN3O4/c1-4-14(2)24-20(26)21(27)25-23-12-16-6-5-7-18(28-3)19(16)29-13-15-8-10-17(22)11-9-15/h5-12,14H,4,13H2,1-3H3,(H,24,26)(H,25,27)/b23-12-/t14-/m1/s1. The predicted octanol–water partition coefficient (Wildman–Crippen LogP) is 3.40. The molecule has 0 aliphatic heterocycles. The Bertz CT molecular complexity index is 869. The lowest BCUT2D eigenvalue weighted by Gasteiger charge is -2.13. The van der Waals surface area contributed by atoms with Crippen LogP contribution in [0.3, 0.4) is 0 Å². The van der Waals surface area contributed by atoms with Gasteiger partial charge in [-0.05, 0) is 43.2 Å². The number of carbonyl (C=O) groups is 2. The number of halogens is 1.